The molecule has 4 nitrogen and oxygen atoms in total. The van der Waals surface area contributed by atoms with Gasteiger partial charge in [0, 0.05) is 40.3 Å². The largest absolute Gasteiger partial charge is 0.347 e. The van der Waals surface area contributed by atoms with Crippen LogP contribution in [0.2, 0.25) is 0 Å². The molecule has 0 bridgehead atoms. The van der Waals surface area contributed by atoms with Gasteiger partial charge in [0.15, 0.2) is 0 Å². The van der Waals surface area contributed by atoms with Crippen LogP contribution in [-0.2, 0) is 4.79 Å². The first-order chi connectivity index (χ1) is 5.70. The van der Waals surface area contributed by atoms with Crippen LogP contribution in [0.25, 0.3) is 0 Å². The number of nitrogens with zero attached hydrogens (tertiary/aromatic N) is 2. The number of hydrogen-bond donors (Lipinski definition) is 1. The first-order valence-corrected chi connectivity index (χ1v) is 4.21. The molecule has 1 N–H and O–H groups in total. The Hall–Kier alpha value is -0.610. The summed E-state index contributed by atoms with van der Waals surface area (Å²) in [4.78, 5) is 14.9. The van der Waals surface area contributed by atoms with Gasteiger partial charge in [0.25, 0.3) is 0 Å². The van der Waals surface area contributed by atoms with Gasteiger partial charge in [-0.15, -0.1) is 0 Å². The first-order valence-electron chi connectivity index (χ1n) is 4.21. The molecule has 1 amide bonds. The van der Waals surface area contributed by atoms with Gasteiger partial charge in [-0.1, -0.05) is 0 Å². The van der Waals surface area contributed by atoms with E-state index in [1.54, 1.807) is 25.5 Å². The molecule has 1 radical (unpaired) electrons. The summed E-state index contributed by atoms with van der Waals surface area (Å²) in [6.07, 6.45) is 0. The monoisotopic (exact) mass is 170 g/mol. The average molecular weight is 170 g/mol. The topological polar surface area (TPSA) is 35.6 Å². The maximum Gasteiger partial charge on any atom is 0.241 e. The minimum absolute atomic E-state index is 0.0666. The molecule has 1 rings (SSSR count). The number of carbonyl (C=O) groups is 1. The Balaban J connectivity index is 2.24. The van der Waals surface area contributed by atoms with E-state index < -0.39 is 0 Å². The lowest BCUT2D eigenvalue weighted by Gasteiger charge is -2.26. The molecular formula is C8H16N3O. The summed E-state index contributed by atoms with van der Waals surface area (Å²) in [7, 11) is 3.53. The molecule has 0 aliphatic carbocycles. The fourth-order valence-corrected chi connectivity index (χ4v) is 1.08. The number of carbonyl (C=O) groups excluding carboxylic acids is 1. The third-order valence-corrected chi connectivity index (χ3v) is 1.89. The minimum Gasteiger partial charge on any atom is -0.347 e. The molecule has 1 saturated heterocycles. The van der Waals surface area contributed by atoms with E-state index in [-0.39, 0.29) is 5.91 Å². The quantitative estimate of drug-likeness (QED) is 0.586. The van der Waals surface area contributed by atoms with Gasteiger partial charge in [0.05, 0.1) is 0 Å². The van der Waals surface area contributed by atoms with Crippen molar-refractivity contribution in [1.29, 1.82) is 0 Å². The van der Waals surface area contributed by atoms with Gasteiger partial charge in [-0.25, -0.2) is 0 Å². The maximum atomic E-state index is 11.2. The van der Waals surface area contributed by atoms with Crippen molar-refractivity contribution in [3.8, 4) is 0 Å². The van der Waals surface area contributed by atoms with Gasteiger partial charge in [0.1, 0.15) is 6.54 Å². The van der Waals surface area contributed by atoms with Crippen LogP contribution < -0.4 is 5.32 Å². The highest BCUT2D eigenvalue weighted by molar-refractivity contribution is 5.83. The summed E-state index contributed by atoms with van der Waals surface area (Å²) >= 11 is 0. The Kier molecular flexibility index (Phi) is 3.49. The van der Waals surface area contributed by atoms with E-state index in [2.05, 4.69) is 10.2 Å². The summed E-state index contributed by atoms with van der Waals surface area (Å²) < 4.78 is 0. The Morgan fingerprint density at radius 2 is 2.00 bits per heavy atom. The smallest absolute Gasteiger partial charge is 0.241 e. The lowest BCUT2D eigenvalue weighted by molar-refractivity contribution is -0.127. The molecule has 0 aromatic heterocycles. The second kappa shape index (κ2) is 4.42. The van der Waals surface area contributed by atoms with E-state index in [4.69, 9.17) is 0 Å². The summed E-state index contributed by atoms with van der Waals surface area (Å²) in [5, 5.41) is 3.23. The average Bonchev–Trinajstić information content (AvgIpc) is 2.06. The van der Waals surface area contributed by atoms with Crippen LogP contribution in [0.5, 0.6) is 0 Å². The molecule has 0 atom stereocenters. The third-order valence-electron chi connectivity index (χ3n) is 1.89. The second-order valence-electron chi connectivity index (χ2n) is 3.15. The highest BCUT2D eigenvalue weighted by Gasteiger charge is 2.14. The van der Waals surface area contributed by atoms with Crippen LogP contribution in [0.1, 0.15) is 0 Å². The third kappa shape index (κ3) is 2.79. The molecule has 0 aromatic carbocycles. The van der Waals surface area contributed by atoms with E-state index in [0.29, 0.717) is 0 Å². The van der Waals surface area contributed by atoms with Crippen LogP contribution in [0.3, 0.4) is 0 Å². The van der Waals surface area contributed by atoms with Gasteiger partial charge in [0.2, 0.25) is 5.91 Å². The predicted molar refractivity (Wildman–Crippen MR) is 47.4 cm³/mol. The van der Waals surface area contributed by atoms with Crippen molar-refractivity contribution in [2.75, 3.05) is 40.3 Å². The van der Waals surface area contributed by atoms with Crippen molar-refractivity contribution >= 4 is 5.91 Å². The molecule has 0 spiro atoms. The molecule has 0 saturated carbocycles. The normalized spacial score (nSPS) is 19.2. The van der Waals surface area contributed by atoms with Crippen LogP contribution >= 0.6 is 0 Å². The number of nitrogens with one attached hydrogen (secondary N) is 1. The first kappa shape index (κ1) is 9.48. The van der Waals surface area contributed by atoms with Gasteiger partial charge in [-0.2, -0.15) is 0 Å². The fourth-order valence-electron chi connectivity index (χ4n) is 1.08. The fraction of sp³-hybridized carbons (Fsp3) is 0.750. The minimum atomic E-state index is 0.0666. The van der Waals surface area contributed by atoms with Crippen LogP contribution in [0.15, 0.2) is 0 Å². The molecule has 4 heteroatoms. The van der Waals surface area contributed by atoms with Gasteiger partial charge >= 0.3 is 0 Å². The van der Waals surface area contributed by atoms with E-state index in [0.717, 1.165) is 26.2 Å². The molecule has 69 valence electrons. The highest BCUT2D eigenvalue weighted by Crippen LogP contribution is 1.97. The Labute approximate surface area is 73.5 Å². The lowest BCUT2D eigenvalue weighted by atomic mass is 10.3. The van der Waals surface area contributed by atoms with Gasteiger partial charge in [-0.05, 0) is 0 Å². The molecule has 0 aromatic rings. The number of rotatable bonds is 2. The Morgan fingerprint density at radius 1 is 1.42 bits per heavy atom. The van der Waals surface area contributed by atoms with E-state index in [1.807, 2.05) is 0 Å². The van der Waals surface area contributed by atoms with E-state index in [1.165, 1.54) is 0 Å². The molecule has 1 fully saturated rings. The number of amides is 1. The Bertz CT molecular complexity index is 152. The van der Waals surface area contributed by atoms with Gasteiger partial charge in [-0.3, -0.25) is 9.69 Å². The van der Waals surface area contributed by atoms with Crippen molar-refractivity contribution in [3.63, 3.8) is 0 Å². The van der Waals surface area contributed by atoms with Crippen molar-refractivity contribution in [2.24, 2.45) is 0 Å². The van der Waals surface area contributed by atoms with Crippen molar-refractivity contribution in [3.05, 3.63) is 6.54 Å². The number of hydrogen-bond acceptors (Lipinski definition) is 3. The van der Waals surface area contributed by atoms with Crippen LogP contribution in [0, 0.1) is 6.54 Å². The van der Waals surface area contributed by atoms with Crippen LogP contribution in [0.4, 0.5) is 0 Å². The zero-order chi connectivity index (χ0) is 8.97. The second-order valence-corrected chi connectivity index (χ2v) is 3.15. The van der Waals surface area contributed by atoms with Crippen LogP contribution in [-0.4, -0.2) is 56.0 Å². The lowest BCUT2D eigenvalue weighted by Crippen LogP contribution is -2.44. The molecule has 12 heavy (non-hydrogen) atoms. The summed E-state index contributed by atoms with van der Waals surface area (Å²) in [6.45, 7) is 5.48. The van der Waals surface area contributed by atoms with E-state index in [9.17, 15) is 4.79 Å². The number of likely N-dealkylation sites (N-methyl/N-ethyl adjacent to an activating group) is 1. The number of piperazine rings is 1. The highest BCUT2D eigenvalue weighted by atomic mass is 16.2. The predicted octanol–water partition coefficient (Wildman–Crippen LogP) is -0.858. The summed E-state index contributed by atoms with van der Waals surface area (Å²) in [5.41, 5.74) is 0. The van der Waals surface area contributed by atoms with E-state index >= 15 is 0 Å². The SMILES string of the molecule is CN(C)C(=O)[CH]N1CCNCC1. The maximum absolute atomic E-state index is 11.2. The molecule has 1 heterocycles. The zero-order valence-electron chi connectivity index (χ0n) is 7.71. The van der Waals surface area contributed by atoms with Crippen molar-refractivity contribution in [2.45, 2.75) is 0 Å². The van der Waals surface area contributed by atoms with Crippen molar-refractivity contribution in [1.82, 2.24) is 15.1 Å². The molecule has 1 aliphatic heterocycles. The Morgan fingerprint density at radius 3 is 2.50 bits per heavy atom. The zero-order valence-corrected chi connectivity index (χ0v) is 7.71. The standard InChI is InChI=1S/C8H16N3O/c1-10(2)8(12)7-11-5-3-9-4-6-11/h7,9H,3-6H2,1-2H3. The molecule has 0 unspecified atom stereocenters. The van der Waals surface area contributed by atoms with Crippen molar-refractivity contribution < 1.29 is 4.79 Å². The van der Waals surface area contributed by atoms with Gasteiger partial charge < -0.3 is 10.2 Å². The summed E-state index contributed by atoms with van der Waals surface area (Å²) in [6, 6.07) is 0. The molecule has 1 aliphatic rings. The molecular weight excluding hydrogens is 154 g/mol. The summed E-state index contributed by atoms with van der Waals surface area (Å²) in [5.74, 6) is 0.0666.